The van der Waals surface area contributed by atoms with Gasteiger partial charge in [0.05, 0.1) is 18.3 Å². The Bertz CT molecular complexity index is 651. The average molecular weight is 289 g/mol. The van der Waals surface area contributed by atoms with Crippen LogP contribution < -0.4 is 10.1 Å². The van der Waals surface area contributed by atoms with Crippen LogP contribution in [0.4, 0.5) is 4.39 Å². The minimum absolute atomic E-state index is 0.310. The van der Waals surface area contributed by atoms with E-state index in [4.69, 9.17) is 4.74 Å². The molecule has 0 radical (unpaired) electrons. The van der Waals surface area contributed by atoms with Gasteiger partial charge in [0, 0.05) is 35.5 Å². The SMILES string of the molecule is COc1cc(F)c2cc(C3CC(C)NC(C)C3)nnc2c1. The third-order valence-electron chi connectivity index (χ3n) is 4.15. The molecule has 1 N–H and O–H groups in total. The molecule has 4 nitrogen and oxygen atoms in total. The molecule has 1 aliphatic heterocycles. The van der Waals surface area contributed by atoms with Crippen molar-refractivity contribution in [3.05, 3.63) is 29.7 Å². The lowest BCUT2D eigenvalue weighted by atomic mass is 9.86. The minimum Gasteiger partial charge on any atom is -0.497 e. The van der Waals surface area contributed by atoms with Crippen LogP contribution in [0.1, 0.15) is 38.3 Å². The van der Waals surface area contributed by atoms with Crippen molar-refractivity contribution in [2.45, 2.75) is 44.7 Å². The number of rotatable bonds is 2. The highest BCUT2D eigenvalue weighted by Crippen LogP contribution is 2.31. The maximum Gasteiger partial charge on any atom is 0.136 e. The molecule has 1 aromatic carbocycles. The van der Waals surface area contributed by atoms with Gasteiger partial charge in [-0.3, -0.25) is 0 Å². The largest absolute Gasteiger partial charge is 0.497 e. The third kappa shape index (κ3) is 2.83. The highest BCUT2D eigenvalue weighted by molar-refractivity contribution is 5.80. The Balaban J connectivity index is 1.99. The molecule has 21 heavy (non-hydrogen) atoms. The van der Waals surface area contributed by atoms with E-state index >= 15 is 0 Å². The molecule has 2 aromatic rings. The molecule has 2 atom stereocenters. The monoisotopic (exact) mass is 289 g/mol. The number of benzene rings is 1. The van der Waals surface area contributed by atoms with Gasteiger partial charge in [0.1, 0.15) is 11.6 Å². The van der Waals surface area contributed by atoms with Gasteiger partial charge in [-0.1, -0.05) is 0 Å². The first-order valence-corrected chi connectivity index (χ1v) is 7.33. The number of methoxy groups -OCH3 is 1. The van der Waals surface area contributed by atoms with Gasteiger partial charge >= 0.3 is 0 Å². The van der Waals surface area contributed by atoms with Gasteiger partial charge in [0.25, 0.3) is 0 Å². The molecule has 2 heterocycles. The zero-order valence-electron chi connectivity index (χ0n) is 12.6. The number of hydrogen-bond acceptors (Lipinski definition) is 4. The van der Waals surface area contributed by atoms with Gasteiger partial charge in [0.2, 0.25) is 0 Å². The van der Waals surface area contributed by atoms with Gasteiger partial charge in [-0.25, -0.2) is 4.39 Å². The zero-order chi connectivity index (χ0) is 15.0. The molecule has 2 unspecified atom stereocenters. The lowest BCUT2D eigenvalue weighted by Gasteiger charge is -2.32. The molecular weight excluding hydrogens is 269 g/mol. The molecule has 0 saturated carbocycles. The average Bonchev–Trinajstić information content (AvgIpc) is 2.45. The fraction of sp³-hybridized carbons (Fsp3) is 0.500. The van der Waals surface area contributed by atoms with Crippen molar-refractivity contribution >= 4 is 10.9 Å². The molecule has 1 fully saturated rings. The lowest BCUT2D eigenvalue weighted by Crippen LogP contribution is -2.41. The molecular formula is C16H20FN3O. The number of nitrogens with zero attached hydrogens (tertiary/aromatic N) is 2. The number of halogens is 1. The fourth-order valence-corrected chi connectivity index (χ4v) is 3.22. The molecule has 1 aliphatic rings. The Morgan fingerprint density at radius 1 is 1.14 bits per heavy atom. The first kappa shape index (κ1) is 14.2. The molecule has 5 heteroatoms. The quantitative estimate of drug-likeness (QED) is 0.923. The van der Waals surface area contributed by atoms with Crippen molar-refractivity contribution in [3.8, 4) is 5.75 Å². The van der Waals surface area contributed by atoms with Crippen molar-refractivity contribution in [1.82, 2.24) is 15.5 Å². The van der Waals surface area contributed by atoms with E-state index in [2.05, 4.69) is 29.4 Å². The van der Waals surface area contributed by atoms with Crippen LogP contribution in [0.2, 0.25) is 0 Å². The summed E-state index contributed by atoms with van der Waals surface area (Å²) in [6.45, 7) is 4.34. The summed E-state index contributed by atoms with van der Waals surface area (Å²) < 4.78 is 19.2. The summed E-state index contributed by atoms with van der Waals surface area (Å²) in [5.41, 5.74) is 1.41. The number of nitrogens with one attached hydrogen (secondary N) is 1. The van der Waals surface area contributed by atoms with Crippen LogP contribution in [0.15, 0.2) is 18.2 Å². The fourth-order valence-electron chi connectivity index (χ4n) is 3.22. The minimum atomic E-state index is -0.310. The van der Waals surface area contributed by atoms with E-state index in [0.717, 1.165) is 18.5 Å². The maximum absolute atomic E-state index is 14.2. The lowest BCUT2D eigenvalue weighted by molar-refractivity contribution is 0.312. The van der Waals surface area contributed by atoms with E-state index in [1.165, 1.54) is 13.2 Å². The Hall–Kier alpha value is -1.75. The Labute approximate surface area is 123 Å². The highest BCUT2D eigenvalue weighted by Gasteiger charge is 2.26. The molecule has 0 bridgehead atoms. The molecule has 0 amide bonds. The van der Waals surface area contributed by atoms with Crippen LogP contribution in [-0.4, -0.2) is 29.4 Å². The van der Waals surface area contributed by atoms with Gasteiger partial charge < -0.3 is 10.1 Å². The van der Waals surface area contributed by atoms with Gasteiger partial charge in [-0.15, -0.1) is 0 Å². The molecule has 112 valence electrons. The molecule has 1 aromatic heterocycles. The maximum atomic E-state index is 14.2. The summed E-state index contributed by atoms with van der Waals surface area (Å²) in [6.07, 6.45) is 2.00. The first-order valence-electron chi connectivity index (χ1n) is 7.33. The Morgan fingerprint density at radius 2 is 1.86 bits per heavy atom. The van der Waals surface area contributed by atoms with Crippen molar-refractivity contribution < 1.29 is 9.13 Å². The van der Waals surface area contributed by atoms with Gasteiger partial charge in [-0.2, -0.15) is 10.2 Å². The first-order chi connectivity index (χ1) is 10.1. The van der Waals surface area contributed by atoms with E-state index in [9.17, 15) is 4.39 Å². The van der Waals surface area contributed by atoms with Crippen LogP contribution in [-0.2, 0) is 0 Å². The molecule has 3 rings (SSSR count). The van der Waals surface area contributed by atoms with Crippen molar-refractivity contribution in [2.24, 2.45) is 0 Å². The van der Waals surface area contributed by atoms with Gasteiger partial charge in [-0.05, 0) is 32.8 Å². The van der Waals surface area contributed by atoms with Crippen molar-refractivity contribution in [2.75, 3.05) is 7.11 Å². The smallest absolute Gasteiger partial charge is 0.136 e. The van der Waals surface area contributed by atoms with Crippen LogP contribution in [0.25, 0.3) is 10.9 Å². The van der Waals surface area contributed by atoms with Crippen LogP contribution in [0.5, 0.6) is 5.75 Å². The Morgan fingerprint density at radius 3 is 2.52 bits per heavy atom. The second-order valence-electron chi connectivity index (χ2n) is 5.95. The van der Waals surface area contributed by atoms with E-state index < -0.39 is 0 Å². The highest BCUT2D eigenvalue weighted by atomic mass is 19.1. The van der Waals surface area contributed by atoms with Crippen molar-refractivity contribution in [3.63, 3.8) is 0 Å². The van der Waals surface area contributed by atoms with Crippen LogP contribution in [0.3, 0.4) is 0 Å². The predicted molar refractivity (Wildman–Crippen MR) is 80.1 cm³/mol. The summed E-state index contributed by atoms with van der Waals surface area (Å²) in [5.74, 6) is 0.483. The van der Waals surface area contributed by atoms with Gasteiger partial charge in [0.15, 0.2) is 0 Å². The second-order valence-corrected chi connectivity index (χ2v) is 5.95. The summed E-state index contributed by atoms with van der Waals surface area (Å²) in [5, 5.41) is 12.5. The van der Waals surface area contributed by atoms with E-state index in [-0.39, 0.29) is 5.82 Å². The second kappa shape index (κ2) is 5.56. The van der Waals surface area contributed by atoms with E-state index in [1.807, 2.05) is 6.07 Å². The topological polar surface area (TPSA) is 47.0 Å². The number of hydrogen-bond donors (Lipinski definition) is 1. The third-order valence-corrected chi connectivity index (χ3v) is 4.15. The van der Waals surface area contributed by atoms with E-state index in [0.29, 0.717) is 34.7 Å². The number of piperidine rings is 1. The predicted octanol–water partition coefficient (Wildman–Crippen LogP) is 3.02. The molecule has 0 spiro atoms. The zero-order valence-corrected chi connectivity index (χ0v) is 12.6. The van der Waals surface area contributed by atoms with Crippen LogP contribution >= 0.6 is 0 Å². The molecule has 0 aliphatic carbocycles. The summed E-state index contributed by atoms with van der Waals surface area (Å²) in [7, 11) is 1.51. The number of aromatic nitrogens is 2. The normalized spacial score (nSPS) is 26.0. The molecule has 1 saturated heterocycles. The summed E-state index contributed by atoms with van der Waals surface area (Å²) >= 11 is 0. The van der Waals surface area contributed by atoms with Crippen LogP contribution in [0, 0.1) is 5.82 Å². The standard InChI is InChI=1S/C16H20FN3O/c1-9-4-11(5-10(2)18-9)15-8-13-14(17)6-12(21-3)7-16(13)20-19-15/h6-11,18H,4-5H2,1-3H3. The van der Waals surface area contributed by atoms with E-state index in [1.54, 1.807) is 6.07 Å². The van der Waals surface area contributed by atoms with Crippen molar-refractivity contribution in [1.29, 1.82) is 0 Å². The summed E-state index contributed by atoms with van der Waals surface area (Å²) in [4.78, 5) is 0. The Kier molecular flexibility index (Phi) is 3.76. The summed E-state index contributed by atoms with van der Waals surface area (Å²) in [6, 6.07) is 5.82. The number of ether oxygens (including phenoxy) is 1. The number of fused-ring (bicyclic) bond motifs is 1.